The van der Waals surface area contributed by atoms with Gasteiger partial charge in [0, 0.05) is 24.6 Å². The molecule has 0 aliphatic rings. The summed E-state index contributed by atoms with van der Waals surface area (Å²) in [5.74, 6) is -1.66. The molecule has 9 nitrogen and oxygen atoms in total. The van der Waals surface area contributed by atoms with Crippen LogP contribution in [0.15, 0.2) is 24.3 Å². The summed E-state index contributed by atoms with van der Waals surface area (Å²) in [4.78, 5) is 45.7. The standard InChI is InChI=1S/C16H20N4O5S/c1-3-25-14(23)9-8-13(22)18-16(26)20-19-15(24)11-4-6-12(7-5-11)17-10(2)21/h4-7H,3,8-9H2,1-2H3,(H,17,21)(H,19,24)(H2,18,20,22,26). The summed E-state index contributed by atoms with van der Waals surface area (Å²) in [7, 11) is 0. The summed E-state index contributed by atoms with van der Waals surface area (Å²) in [5, 5.41) is 4.80. The first kappa shape index (κ1) is 21.0. The van der Waals surface area contributed by atoms with Gasteiger partial charge in [0.05, 0.1) is 13.0 Å². The molecule has 4 N–H and O–H groups in total. The van der Waals surface area contributed by atoms with E-state index in [9.17, 15) is 19.2 Å². The number of amides is 3. The summed E-state index contributed by atoms with van der Waals surface area (Å²) in [6, 6.07) is 6.18. The van der Waals surface area contributed by atoms with Crippen LogP contribution in [0.5, 0.6) is 0 Å². The fraction of sp³-hybridized carbons (Fsp3) is 0.312. The van der Waals surface area contributed by atoms with Crippen molar-refractivity contribution in [2.45, 2.75) is 26.7 Å². The Balaban J connectivity index is 2.37. The highest BCUT2D eigenvalue weighted by atomic mass is 32.1. The Labute approximate surface area is 155 Å². The van der Waals surface area contributed by atoms with Crippen molar-refractivity contribution in [3.63, 3.8) is 0 Å². The molecule has 3 amide bonds. The number of esters is 1. The maximum Gasteiger partial charge on any atom is 0.306 e. The third-order valence-electron chi connectivity index (χ3n) is 2.87. The van der Waals surface area contributed by atoms with E-state index in [0.29, 0.717) is 11.3 Å². The zero-order valence-electron chi connectivity index (χ0n) is 14.4. The number of rotatable bonds is 6. The molecule has 0 unspecified atom stereocenters. The van der Waals surface area contributed by atoms with Crippen LogP contribution in [0.3, 0.4) is 0 Å². The van der Waals surface area contributed by atoms with Gasteiger partial charge < -0.3 is 15.4 Å². The van der Waals surface area contributed by atoms with E-state index in [1.54, 1.807) is 19.1 Å². The molecule has 0 fully saturated rings. The van der Waals surface area contributed by atoms with Crippen LogP contribution in [-0.4, -0.2) is 35.4 Å². The minimum atomic E-state index is -0.484. The van der Waals surface area contributed by atoms with Gasteiger partial charge in [-0.05, 0) is 43.4 Å². The molecule has 0 aromatic heterocycles. The van der Waals surface area contributed by atoms with Crippen LogP contribution in [0.25, 0.3) is 0 Å². The largest absolute Gasteiger partial charge is 0.466 e. The van der Waals surface area contributed by atoms with E-state index in [4.69, 9.17) is 17.0 Å². The first-order valence-electron chi connectivity index (χ1n) is 7.75. The second-order valence-electron chi connectivity index (χ2n) is 5.02. The first-order valence-corrected chi connectivity index (χ1v) is 8.16. The Morgan fingerprint density at radius 1 is 1.04 bits per heavy atom. The number of carbonyl (C=O) groups excluding carboxylic acids is 4. The molecule has 0 heterocycles. The molecule has 0 aliphatic heterocycles. The van der Waals surface area contributed by atoms with Gasteiger partial charge in [0.1, 0.15) is 0 Å². The lowest BCUT2D eigenvalue weighted by molar-refractivity contribution is -0.144. The summed E-state index contributed by atoms with van der Waals surface area (Å²) in [6.45, 7) is 3.30. The van der Waals surface area contributed by atoms with Crippen LogP contribution < -0.4 is 21.5 Å². The van der Waals surface area contributed by atoms with Crippen molar-refractivity contribution in [2.24, 2.45) is 0 Å². The molecule has 1 rings (SSSR count). The van der Waals surface area contributed by atoms with Gasteiger partial charge in [-0.15, -0.1) is 0 Å². The molecule has 0 spiro atoms. The maximum atomic E-state index is 12.0. The number of hydrazine groups is 1. The predicted molar refractivity (Wildman–Crippen MR) is 98.0 cm³/mol. The van der Waals surface area contributed by atoms with Gasteiger partial charge in [-0.2, -0.15) is 0 Å². The molecule has 1 aromatic rings. The third kappa shape index (κ3) is 8.20. The van der Waals surface area contributed by atoms with Crippen LogP contribution >= 0.6 is 12.2 Å². The van der Waals surface area contributed by atoms with E-state index < -0.39 is 17.8 Å². The van der Waals surface area contributed by atoms with Crippen molar-refractivity contribution in [3.8, 4) is 0 Å². The van der Waals surface area contributed by atoms with Crippen LogP contribution in [-0.2, 0) is 19.1 Å². The van der Waals surface area contributed by atoms with Gasteiger partial charge >= 0.3 is 5.97 Å². The van der Waals surface area contributed by atoms with E-state index >= 15 is 0 Å². The van der Waals surface area contributed by atoms with E-state index in [-0.39, 0.29) is 30.5 Å². The normalized spacial score (nSPS) is 9.62. The van der Waals surface area contributed by atoms with Crippen molar-refractivity contribution >= 4 is 46.7 Å². The average molecular weight is 380 g/mol. The van der Waals surface area contributed by atoms with Gasteiger partial charge in [-0.3, -0.25) is 30.0 Å². The number of hydrogen-bond acceptors (Lipinski definition) is 6. The summed E-state index contributed by atoms with van der Waals surface area (Å²) >= 11 is 4.88. The lowest BCUT2D eigenvalue weighted by Gasteiger charge is -2.11. The second-order valence-corrected chi connectivity index (χ2v) is 5.43. The Morgan fingerprint density at radius 3 is 2.27 bits per heavy atom. The molecule has 0 saturated heterocycles. The molecule has 0 radical (unpaired) electrons. The van der Waals surface area contributed by atoms with Gasteiger partial charge in [0.15, 0.2) is 5.11 Å². The van der Waals surface area contributed by atoms with Crippen molar-refractivity contribution < 1.29 is 23.9 Å². The van der Waals surface area contributed by atoms with Gasteiger partial charge in [-0.1, -0.05) is 0 Å². The van der Waals surface area contributed by atoms with Crippen molar-refractivity contribution in [1.82, 2.24) is 16.2 Å². The Hall–Kier alpha value is -3.01. The number of carbonyl (C=O) groups is 4. The predicted octanol–water partition coefficient (Wildman–Crippen LogP) is 0.624. The number of anilines is 1. The zero-order chi connectivity index (χ0) is 19.5. The Kier molecular flexibility index (Phi) is 8.71. The summed E-state index contributed by atoms with van der Waals surface area (Å²) < 4.78 is 4.71. The fourth-order valence-electron chi connectivity index (χ4n) is 1.76. The molecule has 26 heavy (non-hydrogen) atoms. The second kappa shape index (κ2) is 10.8. The number of ether oxygens (including phenoxy) is 1. The zero-order valence-corrected chi connectivity index (χ0v) is 15.2. The van der Waals surface area contributed by atoms with Crippen molar-refractivity contribution in [3.05, 3.63) is 29.8 Å². The fourth-order valence-corrected chi connectivity index (χ4v) is 1.93. The lowest BCUT2D eigenvalue weighted by atomic mass is 10.2. The highest BCUT2D eigenvalue weighted by Crippen LogP contribution is 2.09. The van der Waals surface area contributed by atoms with Gasteiger partial charge in [-0.25, -0.2) is 0 Å². The smallest absolute Gasteiger partial charge is 0.306 e. The van der Waals surface area contributed by atoms with Crippen LogP contribution in [0, 0.1) is 0 Å². The summed E-state index contributed by atoms with van der Waals surface area (Å²) in [5.41, 5.74) is 5.59. The van der Waals surface area contributed by atoms with E-state index in [1.807, 2.05) is 0 Å². The van der Waals surface area contributed by atoms with Gasteiger partial charge in [0.2, 0.25) is 11.8 Å². The minimum absolute atomic E-state index is 0.0602. The van der Waals surface area contributed by atoms with Crippen LogP contribution in [0.1, 0.15) is 37.0 Å². The minimum Gasteiger partial charge on any atom is -0.466 e. The molecule has 0 saturated carbocycles. The molecule has 1 aromatic carbocycles. The molecular formula is C16H20N4O5S. The van der Waals surface area contributed by atoms with Crippen molar-refractivity contribution in [2.75, 3.05) is 11.9 Å². The molecule has 0 aliphatic carbocycles. The van der Waals surface area contributed by atoms with Crippen LogP contribution in [0.2, 0.25) is 0 Å². The molecule has 0 bridgehead atoms. The molecule has 0 atom stereocenters. The van der Waals surface area contributed by atoms with Crippen molar-refractivity contribution in [1.29, 1.82) is 0 Å². The van der Waals surface area contributed by atoms with E-state index in [0.717, 1.165) is 0 Å². The number of hydrogen-bond donors (Lipinski definition) is 4. The molecular weight excluding hydrogens is 360 g/mol. The topological polar surface area (TPSA) is 126 Å². The number of benzene rings is 1. The number of thiocarbonyl (C=S) groups is 1. The summed E-state index contributed by atoms with van der Waals surface area (Å²) in [6.07, 6.45) is -0.144. The highest BCUT2D eigenvalue weighted by Gasteiger charge is 2.10. The van der Waals surface area contributed by atoms with Crippen LogP contribution in [0.4, 0.5) is 5.69 Å². The average Bonchev–Trinajstić information content (AvgIpc) is 2.58. The maximum absolute atomic E-state index is 12.0. The van der Waals surface area contributed by atoms with E-state index in [1.165, 1.54) is 19.1 Å². The number of nitrogens with one attached hydrogen (secondary N) is 4. The van der Waals surface area contributed by atoms with E-state index in [2.05, 4.69) is 21.5 Å². The first-order chi connectivity index (χ1) is 12.3. The highest BCUT2D eigenvalue weighted by molar-refractivity contribution is 7.80. The monoisotopic (exact) mass is 380 g/mol. The quantitative estimate of drug-likeness (QED) is 0.324. The third-order valence-corrected chi connectivity index (χ3v) is 3.08. The Bertz CT molecular complexity index is 690. The Morgan fingerprint density at radius 2 is 1.69 bits per heavy atom. The van der Waals surface area contributed by atoms with Gasteiger partial charge in [0.25, 0.3) is 5.91 Å². The molecule has 10 heteroatoms. The lowest BCUT2D eigenvalue weighted by Crippen LogP contribution is -2.48. The SMILES string of the molecule is CCOC(=O)CCC(=O)NC(=S)NNC(=O)c1ccc(NC(C)=O)cc1. The molecule has 140 valence electrons.